The van der Waals surface area contributed by atoms with Crippen molar-refractivity contribution in [3.8, 4) is 0 Å². The highest BCUT2D eigenvalue weighted by Crippen LogP contribution is 2.12. The first-order valence-electron chi connectivity index (χ1n) is 3.16. The van der Waals surface area contributed by atoms with Gasteiger partial charge in [-0.25, -0.2) is 4.99 Å². The summed E-state index contributed by atoms with van der Waals surface area (Å²) in [5.41, 5.74) is 0.640. The highest BCUT2D eigenvalue weighted by Gasteiger charge is 2.20. The van der Waals surface area contributed by atoms with E-state index in [-0.39, 0.29) is 11.8 Å². The molecule has 1 amide bonds. The van der Waals surface area contributed by atoms with Gasteiger partial charge >= 0.3 is 0 Å². The van der Waals surface area contributed by atoms with E-state index in [2.05, 4.69) is 16.9 Å². The topological polar surface area (TPSA) is 41.5 Å². The van der Waals surface area contributed by atoms with Gasteiger partial charge in [-0.2, -0.15) is 0 Å². The third-order valence-corrected chi connectivity index (χ3v) is 1.51. The van der Waals surface area contributed by atoms with Gasteiger partial charge in [0.1, 0.15) is 5.84 Å². The van der Waals surface area contributed by atoms with Crippen molar-refractivity contribution in [1.29, 1.82) is 0 Å². The molecule has 3 heteroatoms. The molecule has 1 aliphatic heterocycles. The largest absolute Gasteiger partial charge is 0.314 e. The Morgan fingerprint density at radius 2 is 2.30 bits per heavy atom. The monoisotopic (exact) mass is 138 g/mol. The molecule has 54 valence electrons. The lowest BCUT2D eigenvalue weighted by Gasteiger charge is -2.17. The van der Waals surface area contributed by atoms with E-state index in [0.29, 0.717) is 11.5 Å². The molecule has 10 heavy (non-hydrogen) atoms. The molecule has 1 atom stereocenters. The van der Waals surface area contributed by atoms with Crippen LogP contribution in [-0.2, 0) is 4.79 Å². The summed E-state index contributed by atoms with van der Waals surface area (Å²) in [4.78, 5) is 15.0. The summed E-state index contributed by atoms with van der Waals surface area (Å²) < 4.78 is 0. The van der Waals surface area contributed by atoms with Crippen molar-refractivity contribution in [2.45, 2.75) is 13.8 Å². The summed E-state index contributed by atoms with van der Waals surface area (Å²) >= 11 is 0. The molecule has 0 spiro atoms. The first kappa shape index (κ1) is 6.99. The Hall–Kier alpha value is -1.12. The molecule has 0 saturated heterocycles. The number of carbonyl (C=O) groups is 1. The highest BCUT2D eigenvalue weighted by atomic mass is 16.2. The number of hydrogen-bond acceptors (Lipinski definition) is 2. The van der Waals surface area contributed by atoms with Crippen LogP contribution in [0.2, 0.25) is 0 Å². The second-order valence-corrected chi connectivity index (χ2v) is 2.40. The van der Waals surface area contributed by atoms with Crippen molar-refractivity contribution < 1.29 is 4.79 Å². The normalized spacial score (nSPS) is 25.8. The van der Waals surface area contributed by atoms with Crippen LogP contribution in [0.1, 0.15) is 13.8 Å². The van der Waals surface area contributed by atoms with Crippen LogP contribution in [0.3, 0.4) is 0 Å². The standard InChI is InChI=1S/C7H10N2O/c1-4-5(2)8-6(3)9-7(4)10/h4H,2H2,1,3H3,(H,8,9,10). The van der Waals surface area contributed by atoms with E-state index in [1.165, 1.54) is 0 Å². The molecule has 0 bridgehead atoms. The molecule has 0 radical (unpaired) electrons. The summed E-state index contributed by atoms with van der Waals surface area (Å²) in [5.74, 6) is 0.439. The number of hydrogen-bond donors (Lipinski definition) is 1. The van der Waals surface area contributed by atoms with Crippen LogP contribution in [0.25, 0.3) is 0 Å². The number of amides is 1. The van der Waals surface area contributed by atoms with Gasteiger partial charge in [0, 0.05) is 5.70 Å². The Labute approximate surface area is 59.8 Å². The number of aliphatic imine (C=N–C) groups is 1. The summed E-state index contributed by atoms with van der Waals surface area (Å²) in [7, 11) is 0. The second-order valence-electron chi connectivity index (χ2n) is 2.40. The van der Waals surface area contributed by atoms with Gasteiger partial charge < -0.3 is 5.32 Å². The predicted octanol–water partition coefficient (Wildman–Crippen LogP) is 0.684. The van der Waals surface area contributed by atoms with Gasteiger partial charge in [0.2, 0.25) is 5.91 Å². The fourth-order valence-electron chi connectivity index (χ4n) is 0.778. The number of nitrogens with one attached hydrogen (secondary N) is 1. The Bertz CT molecular complexity index is 218. The fraction of sp³-hybridized carbons (Fsp3) is 0.429. The average molecular weight is 138 g/mol. The van der Waals surface area contributed by atoms with Crippen LogP contribution in [0.15, 0.2) is 17.3 Å². The van der Waals surface area contributed by atoms with Gasteiger partial charge in [0.05, 0.1) is 5.92 Å². The van der Waals surface area contributed by atoms with E-state index in [1.807, 2.05) is 0 Å². The molecule has 0 aromatic heterocycles. The van der Waals surface area contributed by atoms with Crippen LogP contribution in [0, 0.1) is 5.92 Å². The maximum Gasteiger partial charge on any atom is 0.234 e. The Morgan fingerprint density at radius 3 is 2.80 bits per heavy atom. The summed E-state index contributed by atoms with van der Waals surface area (Å²) in [6.45, 7) is 7.18. The van der Waals surface area contributed by atoms with E-state index < -0.39 is 0 Å². The molecule has 1 N–H and O–H groups in total. The molecule has 0 saturated carbocycles. The Balaban J connectivity index is 2.89. The molecule has 0 aromatic carbocycles. The van der Waals surface area contributed by atoms with E-state index in [4.69, 9.17) is 0 Å². The predicted molar refractivity (Wildman–Crippen MR) is 39.6 cm³/mol. The molecule has 0 fully saturated rings. The van der Waals surface area contributed by atoms with E-state index in [1.54, 1.807) is 13.8 Å². The lowest BCUT2D eigenvalue weighted by molar-refractivity contribution is -0.122. The second kappa shape index (κ2) is 2.25. The summed E-state index contributed by atoms with van der Waals surface area (Å²) in [5, 5.41) is 2.61. The van der Waals surface area contributed by atoms with E-state index >= 15 is 0 Å². The number of nitrogens with zero attached hydrogens (tertiary/aromatic N) is 1. The quantitative estimate of drug-likeness (QED) is 0.525. The van der Waals surface area contributed by atoms with Gasteiger partial charge in [-0.1, -0.05) is 6.58 Å². The molecule has 0 aliphatic carbocycles. The smallest absolute Gasteiger partial charge is 0.234 e. The zero-order valence-corrected chi connectivity index (χ0v) is 6.14. The molecule has 1 heterocycles. The van der Waals surface area contributed by atoms with Gasteiger partial charge in [0.25, 0.3) is 0 Å². The summed E-state index contributed by atoms with van der Waals surface area (Å²) in [6.07, 6.45) is 0. The number of carbonyl (C=O) groups excluding carboxylic acids is 1. The molecule has 1 unspecified atom stereocenters. The SMILES string of the molecule is C=C1N=C(C)NC(=O)C1C. The average Bonchev–Trinajstić information content (AvgIpc) is 1.82. The molecular weight excluding hydrogens is 128 g/mol. The first-order valence-corrected chi connectivity index (χ1v) is 3.16. The fourth-order valence-corrected chi connectivity index (χ4v) is 0.778. The lowest BCUT2D eigenvalue weighted by Crippen LogP contribution is -2.37. The minimum Gasteiger partial charge on any atom is -0.314 e. The third-order valence-electron chi connectivity index (χ3n) is 1.51. The highest BCUT2D eigenvalue weighted by molar-refractivity contribution is 6.01. The number of rotatable bonds is 0. The molecule has 3 nitrogen and oxygen atoms in total. The molecular formula is C7H10N2O. The van der Waals surface area contributed by atoms with Gasteiger partial charge in [-0.3, -0.25) is 4.79 Å². The zero-order chi connectivity index (χ0) is 7.72. The Morgan fingerprint density at radius 1 is 1.70 bits per heavy atom. The van der Waals surface area contributed by atoms with Gasteiger partial charge in [-0.15, -0.1) is 0 Å². The van der Waals surface area contributed by atoms with Crippen molar-refractivity contribution >= 4 is 11.7 Å². The first-order chi connectivity index (χ1) is 4.61. The van der Waals surface area contributed by atoms with Gasteiger partial charge in [-0.05, 0) is 13.8 Å². The van der Waals surface area contributed by atoms with E-state index in [0.717, 1.165) is 0 Å². The van der Waals surface area contributed by atoms with Gasteiger partial charge in [0.15, 0.2) is 0 Å². The zero-order valence-electron chi connectivity index (χ0n) is 6.14. The van der Waals surface area contributed by atoms with Crippen LogP contribution in [-0.4, -0.2) is 11.7 Å². The van der Waals surface area contributed by atoms with Crippen LogP contribution in [0.4, 0.5) is 0 Å². The molecule has 0 aromatic rings. The maximum atomic E-state index is 11.0. The molecule has 1 rings (SSSR count). The Kier molecular flexibility index (Phi) is 1.57. The van der Waals surface area contributed by atoms with Crippen molar-refractivity contribution in [3.05, 3.63) is 12.3 Å². The van der Waals surface area contributed by atoms with Crippen molar-refractivity contribution in [1.82, 2.24) is 5.32 Å². The van der Waals surface area contributed by atoms with Crippen LogP contribution >= 0.6 is 0 Å². The number of amidine groups is 1. The minimum absolute atomic E-state index is 0.0162. The third kappa shape index (κ3) is 1.07. The summed E-state index contributed by atoms with van der Waals surface area (Å²) in [6, 6.07) is 0. The lowest BCUT2D eigenvalue weighted by atomic mass is 10.1. The minimum atomic E-state index is -0.177. The molecule has 1 aliphatic rings. The van der Waals surface area contributed by atoms with Crippen LogP contribution in [0.5, 0.6) is 0 Å². The van der Waals surface area contributed by atoms with Crippen molar-refractivity contribution in [2.75, 3.05) is 0 Å². The van der Waals surface area contributed by atoms with Crippen molar-refractivity contribution in [3.63, 3.8) is 0 Å². The van der Waals surface area contributed by atoms with E-state index in [9.17, 15) is 4.79 Å². The van der Waals surface area contributed by atoms with Crippen molar-refractivity contribution in [2.24, 2.45) is 10.9 Å². The maximum absolute atomic E-state index is 11.0. The van der Waals surface area contributed by atoms with Crippen LogP contribution < -0.4 is 5.32 Å².